The van der Waals surface area contributed by atoms with Crippen LogP contribution in [0.3, 0.4) is 0 Å². The monoisotopic (exact) mass is 319 g/mol. The van der Waals surface area contributed by atoms with Gasteiger partial charge in [0.15, 0.2) is 0 Å². The van der Waals surface area contributed by atoms with Gasteiger partial charge >= 0.3 is 6.03 Å². The number of amides is 2. The van der Waals surface area contributed by atoms with E-state index >= 15 is 0 Å². The maximum absolute atomic E-state index is 12.2. The topological polar surface area (TPSA) is 84.6 Å². The molecule has 0 saturated heterocycles. The van der Waals surface area contributed by atoms with E-state index in [1.165, 1.54) is 22.3 Å². The number of carbonyl (C=O) groups excluding carboxylic acids is 1. The lowest BCUT2D eigenvalue weighted by molar-refractivity contribution is 0.260. The van der Waals surface area contributed by atoms with Crippen LogP contribution >= 0.6 is 0 Å². The van der Waals surface area contributed by atoms with E-state index in [9.17, 15) is 9.00 Å². The molecule has 2 amide bonds. The fourth-order valence-electron chi connectivity index (χ4n) is 3.71. The molecule has 3 N–H and O–H groups in total. The van der Waals surface area contributed by atoms with Gasteiger partial charge in [0, 0.05) is 5.69 Å². The number of urea groups is 1. The third-order valence-electron chi connectivity index (χ3n) is 4.93. The summed E-state index contributed by atoms with van der Waals surface area (Å²) in [6.07, 6.45) is 8.04. The highest BCUT2D eigenvalue weighted by Crippen LogP contribution is 2.38. The summed E-state index contributed by atoms with van der Waals surface area (Å²) < 4.78 is 15.9. The molecule has 1 aromatic rings. The van der Waals surface area contributed by atoms with Gasteiger partial charge in [0.25, 0.3) is 0 Å². The molecule has 1 atom stereocenters. The van der Waals surface area contributed by atoms with Crippen molar-refractivity contribution >= 4 is 21.6 Å². The average molecular weight is 319 g/mol. The van der Waals surface area contributed by atoms with Crippen molar-refractivity contribution in [1.82, 2.24) is 0 Å². The summed E-state index contributed by atoms with van der Waals surface area (Å²) in [4.78, 5) is 12.2. The SMILES string of the molecule is N[S@@](=O)(=NC(=O)Nc1c2c(cc3c1CCC3)CCC2)C1CC1. The van der Waals surface area contributed by atoms with Gasteiger partial charge in [-0.1, -0.05) is 6.07 Å². The van der Waals surface area contributed by atoms with Gasteiger partial charge in [-0.3, -0.25) is 0 Å². The van der Waals surface area contributed by atoms with E-state index in [1.807, 2.05) is 0 Å². The number of benzene rings is 1. The van der Waals surface area contributed by atoms with Crippen LogP contribution in [0.25, 0.3) is 0 Å². The van der Waals surface area contributed by atoms with Crippen molar-refractivity contribution in [2.75, 3.05) is 5.32 Å². The second kappa shape index (κ2) is 5.06. The Hall–Kier alpha value is -1.40. The Balaban J connectivity index is 1.69. The standard InChI is InChI=1S/C16H21N3O2S/c17-22(21,12-7-8-12)19-16(20)18-15-13-5-1-3-10(13)9-11-4-2-6-14(11)15/h9,12H,1-8H2,(H3,17,18,19,20,21)/t22-/m1/s1. The van der Waals surface area contributed by atoms with E-state index in [2.05, 4.69) is 15.7 Å². The Morgan fingerprint density at radius 1 is 1.14 bits per heavy atom. The Morgan fingerprint density at radius 3 is 2.27 bits per heavy atom. The van der Waals surface area contributed by atoms with Crippen molar-refractivity contribution in [2.24, 2.45) is 9.50 Å². The molecule has 118 valence electrons. The molecule has 0 unspecified atom stereocenters. The molecular formula is C16H21N3O2S. The number of hydrogen-bond acceptors (Lipinski definition) is 2. The van der Waals surface area contributed by atoms with Gasteiger partial charge in [-0.2, -0.15) is 0 Å². The number of nitrogens with two attached hydrogens (primary N) is 1. The summed E-state index contributed by atoms with van der Waals surface area (Å²) in [6.45, 7) is 0. The largest absolute Gasteiger partial charge is 0.354 e. The summed E-state index contributed by atoms with van der Waals surface area (Å²) in [5.74, 6) is 0. The van der Waals surface area contributed by atoms with Crippen molar-refractivity contribution in [3.05, 3.63) is 28.3 Å². The highest BCUT2D eigenvalue weighted by molar-refractivity contribution is 7.92. The molecule has 0 aromatic heterocycles. The predicted molar refractivity (Wildman–Crippen MR) is 87.3 cm³/mol. The first-order valence-electron chi connectivity index (χ1n) is 8.06. The molecule has 6 heteroatoms. The van der Waals surface area contributed by atoms with Crippen LogP contribution in [0.1, 0.15) is 47.9 Å². The quantitative estimate of drug-likeness (QED) is 0.878. The van der Waals surface area contributed by atoms with Crippen LogP contribution < -0.4 is 10.5 Å². The van der Waals surface area contributed by atoms with Crippen molar-refractivity contribution in [3.8, 4) is 0 Å². The lowest BCUT2D eigenvalue weighted by atomic mass is 9.99. The summed E-state index contributed by atoms with van der Waals surface area (Å²) >= 11 is 0. The van der Waals surface area contributed by atoms with E-state index in [0.29, 0.717) is 0 Å². The van der Waals surface area contributed by atoms with Crippen LogP contribution in [0.4, 0.5) is 10.5 Å². The molecule has 4 rings (SSSR count). The molecule has 0 aliphatic heterocycles. The van der Waals surface area contributed by atoms with E-state index in [4.69, 9.17) is 5.14 Å². The van der Waals surface area contributed by atoms with Gasteiger partial charge in [-0.05, 0) is 73.6 Å². The average Bonchev–Trinajstić information content (AvgIpc) is 3.05. The van der Waals surface area contributed by atoms with Crippen LogP contribution in [-0.2, 0) is 35.6 Å². The molecule has 1 fully saturated rings. The summed E-state index contributed by atoms with van der Waals surface area (Å²) in [6, 6.07) is 1.77. The number of nitrogens with one attached hydrogen (secondary N) is 1. The van der Waals surface area contributed by atoms with Crippen molar-refractivity contribution in [2.45, 2.75) is 56.6 Å². The second-order valence-electron chi connectivity index (χ2n) is 6.57. The Bertz CT molecular complexity index is 742. The molecule has 3 aliphatic rings. The maximum atomic E-state index is 12.2. The number of fused-ring (bicyclic) bond motifs is 2. The number of nitrogens with zero attached hydrogens (tertiary/aromatic N) is 1. The van der Waals surface area contributed by atoms with Crippen LogP contribution in [0, 0.1) is 0 Å². The number of carbonyl (C=O) groups is 1. The molecule has 0 heterocycles. The van der Waals surface area contributed by atoms with Gasteiger partial charge in [-0.25, -0.2) is 14.1 Å². The van der Waals surface area contributed by atoms with E-state index in [0.717, 1.165) is 57.1 Å². The van der Waals surface area contributed by atoms with Crippen LogP contribution in [0.15, 0.2) is 10.4 Å². The molecule has 0 radical (unpaired) electrons. The zero-order valence-electron chi connectivity index (χ0n) is 12.6. The fraction of sp³-hybridized carbons (Fsp3) is 0.562. The summed E-state index contributed by atoms with van der Waals surface area (Å²) in [5.41, 5.74) is 6.14. The molecule has 3 aliphatic carbocycles. The molecule has 1 aromatic carbocycles. The minimum Gasteiger partial charge on any atom is -0.305 e. The van der Waals surface area contributed by atoms with Crippen molar-refractivity contribution in [1.29, 1.82) is 0 Å². The molecule has 1 saturated carbocycles. The summed E-state index contributed by atoms with van der Waals surface area (Å²) in [7, 11) is -2.87. The predicted octanol–water partition coefficient (Wildman–Crippen LogP) is 2.70. The van der Waals surface area contributed by atoms with E-state index < -0.39 is 15.9 Å². The summed E-state index contributed by atoms with van der Waals surface area (Å²) in [5, 5.41) is 8.51. The normalized spacial score (nSPS) is 21.9. The van der Waals surface area contributed by atoms with Crippen LogP contribution in [0.2, 0.25) is 0 Å². The zero-order valence-corrected chi connectivity index (χ0v) is 13.4. The molecule has 0 bridgehead atoms. The Kier molecular flexibility index (Phi) is 3.27. The number of aryl methyl sites for hydroxylation is 2. The van der Waals surface area contributed by atoms with Gasteiger partial charge in [0.05, 0.1) is 5.25 Å². The third-order valence-corrected chi connectivity index (χ3v) is 6.81. The molecule has 0 spiro atoms. The van der Waals surface area contributed by atoms with Gasteiger partial charge in [-0.15, -0.1) is 4.36 Å². The third kappa shape index (κ3) is 2.44. The molecular weight excluding hydrogens is 298 g/mol. The molecule has 5 nitrogen and oxygen atoms in total. The Morgan fingerprint density at radius 2 is 1.73 bits per heavy atom. The minimum atomic E-state index is -2.87. The first-order valence-corrected chi connectivity index (χ1v) is 9.70. The lowest BCUT2D eigenvalue weighted by Gasteiger charge is -2.15. The van der Waals surface area contributed by atoms with Gasteiger partial charge in [0.1, 0.15) is 9.92 Å². The van der Waals surface area contributed by atoms with E-state index in [-0.39, 0.29) is 5.25 Å². The van der Waals surface area contributed by atoms with Crippen molar-refractivity contribution in [3.63, 3.8) is 0 Å². The highest BCUT2D eigenvalue weighted by atomic mass is 32.2. The molecule has 22 heavy (non-hydrogen) atoms. The number of anilines is 1. The highest BCUT2D eigenvalue weighted by Gasteiger charge is 2.32. The Labute approximate surface area is 131 Å². The van der Waals surface area contributed by atoms with Gasteiger partial charge < -0.3 is 5.32 Å². The van der Waals surface area contributed by atoms with Crippen LogP contribution in [0.5, 0.6) is 0 Å². The van der Waals surface area contributed by atoms with Crippen LogP contribution in [-0.4, -0.2) is 15.5 Å². The number of rotatable bonds is 2. The van der Waals surface area contributed by atoms with Gasteiger partial charge in [0.2, 0.25) is 0 Å². The first kappa shape index (κ1) is 14.2. The maximum Gasteiger partial charge on any atom is 0.354 e. The zero-order chi connectivity index (χ0) is 15.3. The minimum absolute atomic E-state index is 0.106. The number of hydrogen-bond donors (Lipinski definition) is 2. The second-order valence-corrected chi connectivity index (χ2v) is 8.65. The van der Waals surface area contributed by atoms with Crippen molar-refractivity contribution < 1.29 is 9.00 Å². The smallest absolute Gasteiger partial charge is 0.305 e. The first-order chi connectivity index (χ1) is 10.5. The fourth-order valence-corrected chi connectivity index (χ4v) is 4.97. The van der Waals surface area contributed by atoms with E-state index in [1.54, 1.807) is 0 Å². The lowest BCUT2D eigenvalue weighted by Crippen LogP contribution is -2.22.